The number of aryl methyl sites for hydroxylation is 1. The van der Waals surface area contributed by atoms with E-state index in [1.54, 1.807) is 14.2 Å². The normalized spacial score (nSPS) is 16.3. The Bertz CT molecular complexity index is 712. The van der Waals surface area contributed by atoms with Crippen molar-refractivity contribution in [3.8, 4) is 11.5 Å². The number of carbonyl (C=O) groups excluding carboxylic acids is 1. The number of sulfonamides is 1. The smallest absolute Gasteiger partial charge is 0.223 e. The molecule has 2 rings (SSSR count). The first kappa shape index (κ1) is 20.5. The number of piperidine rings is 1. The number of hydrogen-bond acceptors (Lipinski definition) is 5. The molecule has 7 nitrogen and oxygen atoms in total. The Morgan fingerprint density at radius 3 is 2.42 bits per heavy atom. The van der Waals surface area contributed by atoms with Crippen molar-refractivity contribution < 1.29 is 22.7 Å². The fraction of sp³-hybridized carbons (Fsp3) is 0.611. The standard InChI is InChI=1S/C18H28N2O5S/c1-24-16-7-6-14(13-17(16)25-2)5-4-10-19-18(21)15-8-11-20(12-9-15)26(3,22)23/h6-7,13,15H,4-5,8-12H2,1-3H3,(H,19,21). The maximum atomic E-state index is 12.2. The van der Waals surface area contributed by atoms with Gasteiger partial charge >= 0.3 is 0 Å². The molecule has 1 N–H and O–H groups in total. The van der Waals surface area contributed by atoms with Crippen molar-refractivity contribution in [2.24, 2.45) is 5.92 Å². The Labute approximate surface area is 155 Å². The molecule has 1 saturated heterocycles. The van der Waals surface area contributed by atoms with Crippen LogP contribution >= 0.6 is 0 Å². The summed E-state index contributed by atoms with van der Waals surface area (Å²) in [7, 11) is 0.0577. The average molecular weight is 384 g/mol. The van der Waals surface area contributed by atoms with Gasteiger partial charge in [0.25, 0.3) is 0 Å². The highest BCUT2D eigenvalue weighted by Crippen LogP contribution is 2.28. The summed E-state index contributed by atoms with van der Waals surface area (Å²) in [6.07, 6.45) is 4.02. The van der Waals surface area contributed by atoms with Gasteiger partial charge in [-0.15, -0.1) is 0 Å². The quantitative estimate of drug-likeness (QED) is 0.685. The molecule has 0 radical (unpaired) electrons. The van der Waals surface area contributed by atoms with Crippen molar-refractivity contribution in [1.29, 1.82) is 0 Å². The van der Waals surface area contributed by atoms with E-state index < -0.39 is 10.0 Å². The van der Waals surface area contributed by atoms with Crippen LogP contribution in [0.4, 0.5) is 0 Å². The monoisotopic (exact) mass is 384 g/mol. The number of nitrogens with zero attached hydrogens (tertiary/aromatic N) is 1. The van der Waals surface area contributed by atoms with Gasteiger partial charge in [0.1, 0.15) is 0 Å². The number of methoxy groups -OCH3 is 2. The van der Waals surface area contributed by atoms with Gasteiger partial charge < -0.3 is 14.8 Å². The van der Waals surface area contributed by atoms with Crippen LogP contribution in [0.15, 0.2) is 18.2 Å². The Hall–Kier alpha value is -1.80. The third-order valence-corrected chi connectivity index (χ3v) is 5.99. The molecule has 1 amide bonds. The zero-order chi connectivity index (χ0) is 19.2. The van der Waals surface area contributed by atoms with E-state index in [1.165, 1.54) is 10.6 Å². The zero-order valence-corrected chi connectivity index (χ0v) is 16.5. The maximum Gasteiger partial charge on any atom is 0.223 e. The van der Waals surface area contributed by atoms with Gasteiger partial charge in [0.05, 0.1) is 20.5 Å². The van der Waals surface area contributed by atoms with Crippen molar-refractivity contribution in [2.75, 3.05) is 40.1 Å². The Morgan fingerprint density at radius 1 is 1.19 bits per heavy atom. The van der Waals surface area contributed by atoms with E-state index in [1.807, 2.05) is 18.2 Å². The van der Waals surface area contributed by atoms with E-state index in [0.29, 0.717) is 44.0 Å². The lowest BCUT2D eigenvalue weighted by atomic mass is 9.97. The summed E-state index contributed by atoms with van der Waals surface area (Å²) in [5.41, 5.74) is 1.12. The Morgan fingerprint density at radius 2 is 1.85 bits per heavy atom. The topological polar surface area (TPSA) is 84.9 Å². The van der Waals surface area contributed by atoms with E-state index in [4.69, 9.17) is 9.47 Å². The van der Waals surface area contributed by atoms with Gasteiger partial charge in [0.15, 0.2) is 11.5 Å². The second kappa shape index (κ2) is 9.23. The molecule has 0 unspecified atom stereocenters. The van der Waals surface area contributed by atoms with Crippen LogP contribution in [0, 0.1) is 5.92 Å². The van der Waals surface area contributed by atoms with Crippen LogP contribution in [-0.2, 0) is 21.2 Å². The second-order valence-corrected chi connectivity index (χ2v) is 8.50. The molecule has 1 aliphatic heterocycles. The van der Waals surface area contributed by atoms with Gasteiger partial charge in [0, 0.05) is 25.6 Å². The van der Waals surface area contributed by atoms with Gasteiger partial charge in [-0.3, -0.25) is 4.79 Å². The SMILES string of the molecule is COc1ccc(CCCNC(=O)C2CCN(S(C)(=O)=O)CC2)cc1OC. The summed E-state index contributed by atoms with van der Waals surface area (Å²) in [6.45, 7) is 1.44. The minimum absolute atomic E-state index is 0.0189. The first-order valence-electron chi connectivity index (χ1n) is 8.79. The summed E-state index contributed by atoms with van der Waals surface area (Å²) in [6, 6.07) is 5.81. The third kappa shape index (κ3) is 5.60. The summed E-state index contributed by atoms with van der Waals surface area (Å²) < 4.78 is 35.0. The first-order valence-corrected chi connectivity index (χ1v) is 10.6. The number of ether oxygens (including phenoxy) is 2. The van der Waals surface area contributed by atoms with Gasteiger partial charge in [0.2, 0.25) is 15.9 Å². The molecule has 1 aromatic carbocycles. The van der Waals surface area contributed by atoms with Crippen LogP contribution in [-0.4, -0.2) is 58.7 Å². The largest absolute Gasteiger partial charge is 0.493 e. The predicted molar refractivity (Wildman–Crippen MR) is 100 cm³/mol. The van der Waals surface area contributed by atoms with Gasteiger partial charge in [-0.1, -0.05) is 6.07 Å². The van der Waals surface area contributed by atoms with Crippen LogP contribution in [0.5, 0.6) is 11.5 Å². The van der Waals surface area contributed by atoms with Crippen LogP contribution in [0.3, 0.4) is 0 Å². The van der Waals surface area contributed by atoms with Crippen LogP contribution in [0.2, 0.25) is 0 Å². The molecular formula is C18H28N2O5S. The highest BCUT2D eigenvalue weighted by atomic mass is 32.2. The molecule has 26 heavy (non-hydrogen) atoms. The summed E-state index contributed by atoms with van der Waals surface area (Å²) >= 11 is 0. The number of benzene rings is 1. The average Bonchev–Trinajstić information content (AvgIpc) is 2.64. The lowest BCUT2D eigenvalue weighted by molar-refractivity contribution is -0.126. The third-order valence-electron chi connectivity index (χ3n) is 4.68. The summed E-state index contributed by atoms with van der Waals surface area (Å²) in [4.78, 5) is 12.2. The van der Waals surface area contributed by atoms with E-state index >= 15 is 0 Å². The fourth-order valence-electron chi connectivity index (χ4n) is 3.13. The number of carbonyl (C=O) groups is 1. The lowest BCUT2D eigenvalue weighted by Crippen LogP contribution is -2.42. The first-order chi connectivity index (χ1) is 12.3. The maximum absolute atomic E-state index is 12.2. The van der Waals surface area contributed by atoms with Gasteiger partial charge in [-0.2, -0.15) is 0 Å². The van der Waals surface area contributed by atoms with E-state index in [9.17, 15) is 13.2 Å². The molecule has 0 aromatic heterocycles. The number of rotatable bonds is 8. The highest BCUT2D eigenvalue weighted by molar-refractivity contribution is 7.88. The fourth-order valence-corrected chi connectivity index (χ4v) is 4.01. The van der Waals surface area contributed by atoms with Crippen molar-refractivity contribution in [2.45, 2.75) is 25.7 Å². The molecule has 1 fully saturated rings. The van der Waals surface area contributed by atoms with E-state index in [2.05, 4.69) is 5.32 Å². The summed E-state index contributed by atoms with van der Waals surface area (Å²) in [5.74, 6) is 1.32. The van der Waals surface area contributed by atoms with E-state index in [-0.39, 0.29) is 11.8 Å². The van der Waals surface area contributed by atoms with Crippen LogP contribution in [0.25, 0.3) is 0 Å². The molecule has 1 heterocycles. The molecule has 0 atom stereocenters. The molecule has 0 bridgehead atoms. The van der Waals surface area contributed by atoms with Crippen molar-refractivity contribution in [3.63, 3.8) is 0 Å². The zero-order valence-electron chi connectivity index (χ0n) is 15.7. The van der Waals surface area contributed by atoms with Crippen LogP contribution in [0.1, 0.15) is 24.8 Å². The minimum atomic E-state index is -3.15. The molecule has 0 spiro atoms. The highest BCUT2D eigenvalue weighted by Gasteiger charge is 2.28. The molecule has 146 valence electrons. The van der Waals surface area contributed by atoms with Crippen molar-refractivity contribution >= 4 is 15.9 Å². The number of hydrogen-bond donors (Lipinski definition) is 1. The lowest BCUT2D eigenvalue weighted by Gasteiger charge is -2.29. The summed E-state index contributed by atoms with van der Waals surface area (Å²) in [5, 5.41) is 2.96. The molecule has 8 heteroatoms. The van der Waals surface area contributed by atoms with Crippen LogP contribution < -0.4 is 14.8 Å². The minimum Gasteiger partial charge on any atom is -0.493 e. The molecule has 0 aliphatic carbocycles. The Kier molecular flexibility index (Phi) is 7.28. The predicted octanol–water partition coefficient (Wildman–Crippen LogP) is 1.42. The second-order valence-electron chi connectivity index (χ2n) is 6.52. The van der Waals surface area contributed by atoms with Crippen molar-refractivity contribution in [1.82, 2.24) is 9.62 Å². The number of nitrogens with one attached hydrogen (secondary N) is 1. The van der Waals surface area contributed by atoms with E-state index in [0.717, 1.165) is 18.4 Å². The van der Waals surface area contributed by atoms with Gasteiger partial charge in [-0.25, -0.2) is 12.7 Å². The molecule has 0 saturated carbocycles. The van der Waals surface area contributed by atoms with Gasteiger partial charge in [-0.05, 0) is 43.4 Å². The Balaban J connectivity index is 1.72. The molecule has 1 aromatic rings. The van der Waals surface area contributed by atoms with Crippen molar-refractivity contribution in [3.05, 3.63) is 23.8 Å². The number of amides is 1. The molecule has 1 aliphatic rings. The molecular weight excluding hydrogens is 356 g/mol.